The fourth-order valence-corrected chi connectivity index (χ4v) is 5.37. The molecule has 0 bridgehead atoms. The number of ether oxygens (including phenoxy) is 1. The molecule has 6 nitrogen and oxygen atoms in total. The van der Waals surface area contributed by atoms with Crippen LogP contribution in [0.2, 0.25) is 0 Å². The van der Waals surface area contributed by atoms with Gasteiger partial charge in [0.15, 0.2) is 0 Å². The Morgan fingerprint density at radius 2 is 1.70 bits per heavy atom. The molecule has 0 aromatic heterocycles. The number of hydrogen-bond acceptors (Lipinski definition) is 4. The summed E-state index contributed by atoms with van der Waals surface area (Å²) in [6.45, 7) is 2.90. The van der Waals surface area contributed by atoms with Crippen molar-refractivity contribution >= 4 is 31.9 Å². The highest BCUT2D eigenvalue weighted by Crippen LogP contribution is 2.27. The van der Waals surface area contributed by atoms with Crippen molar-refractivity contribution in [3.63, 3.8) is 0 Å². The summed E-state index contributed by atoms with van der Waals surface area (Å²) in [5.41, 5.74) is 1.15. The van der Waals surface area contributed by atoms with Gasteiger partial charge in [0.25, 0.3) is 5.91 Å². The molecule has 162 valence electrons. The Bertz CT molecular complexity index is 985. The maximum Gasteiger partial charge on any atom is 0.255 e. The van der Waals surface area contributed by atoms with Gasteiger partial charge in [0, 0.05) is 17.6 Å². The number of hydrogen-bond donors (Lipinski definition) is 1. The molecular formula is C22H27BrN2O4S. The van der Waals surface area contributed by atoms with E-state index in [2.05, 4.69) is 21.2 Å². The Hall–Kier alpha value is -1.90. The van der Waals surface area contributed by atoms with Crippen LogP contribution in [0.3, 0.4) is 0 Å². The number of carbonyl (C=O) groups is 1. The number of nitrogens with zero attached hydrogens (tertiary/aromatic N) is 1. The second-order valence-electron chi connectivity index (χ2n) is 7.43. The molecule has 1 saturated heterocycles. The van der Waals surface area contributed by atoms with Gasteiger partial charge in [-0.25, -0.2) is 8.42 Å². The van der Waals surface area contributed by atoms with E-state index >= 15 is 0 Å². The maximum absolute atomic E-state index is 13.1. The van der Waals surface area contributed by atoms with Crippen molar-refractivity contribution in [1.29, 1.82) is 0 Å². The van der Waals surface area contributed by atoms with Gasteiger partial charge < -0.3 is 10.1 Å². The number of nitrogens with one attached hydrogen (secondary N) is 1. The SMILES string of the molecule is COc1ccc(S(=O)(=O)N2CCCCCC2)cc1C(=O)NC(C)c1ccc(Br)cc1. The Morgan fingerprint density at radius 3 is 2.30 bits per heavy atom. The van der Waals surface area contributed by atoms with Crippen LogP contribution in [0.5, 0.6) is 5.75 Å². The Morgan fingerprint density at radius 1 is 1.07 bits per heavy atom. The molecule has 0 aliphatic carbocycles. The molecule has 0 spiro atoms. The molecule has 1 aliphatic heterocycles. The van der Waals surface area contributed by atoms with E-state index in [1.165, 1.54) is 23.5 Å². The maximum atomic E-state index is 13.1. The quantitative estimate of drug-likeness (QED) is 0.640. The van der Waals surface area contributed by atoms with Gasteiger partial charge in [-0.05, 0) is 55.7 Å². The molecular weight excluding hydrogens is 468 g/mol. The van der Waals surface area contributed by atoms with Gasteiger partial charge in [-0.15, -0.1) is 0 Å². The van der Waals surface area contributed by atoms with E-state index in [4.69, 9.17) is 4.74 Å². The third kappa shape index (κ3) is 5.22. The van der Waals surface area contributed by atoms with Gasteiger partial charge in [0.1, 0.15) is 5.75 Å². The van der Waals surface area contributed by atoms with Gasteiger partial charge in [-0.1, -0.05) is 40.9 Å². The molecule has 1 fully saturated rings. The van der Waals surface area contributed by atoms with Crippen molar-refractivity contribution < 1.29 is 17.9 Å². The van der Waals surface area contributed by atoms with Gasteiger partial charge in [0.2, 0.25) is 10.0 Å². The van der Waals surface area contributed by atoms with Crippen molar-refractivity contribution in [3.05, 3.63) is 58.1 Å². The molecule has 0 radical (unpaired) electrons. The molecule has 1 unspecified atom stereocenters. The number of halogens is 1. The summed E-state index contributed by atoms with van der Waals surface area (Å²) in [4.78, 5) is 13.1. The van der Waals surface area contributed by atoms with E-state index in [-0.39, 0.29) is 22.4 Å². The molecule has 1 heterocycles. The lowest BCUT2D eigenvalue weighted by Crippen LogP contribution is -2.32. The number of benzene rings is 2. The fraction of sp³-hybridized carbons (Fsp3) is 0.409. The molecule has 30 heavy (non-hydrogen) atoms. The van der Waals surface area contributed by atoms with Crippen LogP contribution in [-0.2, 0) is 10.0 Å². The highest BCUT2D eigenvalue weighted by Gasteiger charge is 2.27. The van der Waals surface area contributed by atoms with E-state index in [0.717, 1.165) is 35.7 Å². The van der Waals surface area contributed by atoms with Crippen LogP contribution in [0.1, 0.15) is 54.6 Å². The lowest BCUT2D eigenvalue weighted by molar-refractivity contribution is 0.0936. The summed E-state index contributed by atoms with van der Waals surface area (Å²) >= 11 is 3.40. The average molecular weight is 495 g/mol. The van der Waals surface area contributed by atoms with Gasteiger partial charge in [-0.2, -0.15) is 4.31 Å². The van der Waals surface area contributed by atoms with Crippen LogP contribution in [0.25, 0.3) is 0 Å². The van der Waals surface area contributed by atoms with Crippen molar-refractivity contribution in [2.75, 3.05) is 20.2 Å². The van der Waals surface area contributed by atoms with Crippen LogP contribution < -0.4 is 10.1 Å². The van der Waals surface area contributed by atoms with Crippen molar-refractivity contribution in [2.24, 2.45) is 0 Å². The molecule has 1 aliphatic rings. The topological polar surface area (TPSA) is 75.7 Å². The van der Waals surface area contributed by atoms with Gasteiger partial charge in [-0.3, -0.25) is 4.79 Å². The zero-order valence-electron chi connectivity index (χ0n) is 17.2. The number of rotatable bonds is 6. The normalized spacial score (nSPS) is 16.5. The second kappa shape index (κ2) is 9.94. The Labute approximate surface area is 186 Å². The summed E-state index contributed by atoms with van der Waals surface area (Å²) in [6.07, 6.45) is 3.79. The molecule has 8 heteroatoms. The molecule has 2 aromatic rings. The summed E-state index contributed by atoms with van der Waals surface area (Å²) < 4.78 is 34.1. The Balaban J connectivity index is 1.86. The van der Waals surface area contributed by atoms with Crippen LogP contribution in [0.15, 0.2) is 51.8 Å². The third-order valence-corrected chi connectivity index (χ3v) is 7.76. The number of sulfonamides is 1. The lowest BCUT2D eigenvalue weighted by Gasteiger charge is -2.21. The lowest BCUT2D eigenvalue weighted by atomic mass is 10.1. The predicted octanol–water partition coefficient (Wildman–Crippen LogP) is 4.51. The summed E-state index contributed by atoms with van der Waals surface area (Å²) in [7, 11) is -2.19. The zero-order valence-corrected chi connectivity index (χ0v) is 19.6. The van der Waals surface area contributed by atoms with Crippen molar-refractivity contribution in [2.45, 2.75) is 43.5 Å². The molecule has 3 rings (SSSR count). The van der Waals surface area contributed by atoms with Crippen LogP contribution in [0, 0.1) is 0 Å². The minimum Gasteiger partial charge on any atom is -0.496 e. The first-order valence-corrected chi connectivity index (χ1v) is 12.3. The van der Waals surface area contributed by atoms with Crippen LogP contribution in [0.4, 0.5) is 0 Å². The van der Waals surface area contributed by atoms with Crippen LogP contribution >= 0.6 is 15.9 Å². The standard InChI is InChI=1S/C22H27BrN2O4S/c1-16(17-7-9-18(23)10-8-17)24-22(26)20-15-19(11-12-21(20)29-2)30(27,28)25-13-5-3-4-6-14-25/h7-12,15-16H,3-6,13-14H2,1-2H3,(H,24,26). The molecule has 2 aromatic carbocycles. The fourth-order valence-electron chi connectivity index (χ4n) is 3.57. The first kappa shape index (κ1) is 22.8. The van der Waals surface area contributed by atoms with Gasteiger partial charge >= 0.3 is 0 Å². The second-order valence-corrected chi connectivity index (χ2v) is 10.3. The summed E-state index contributed by atoms with van der Waals surface area (Å²) in [6, 6.07) is 11.9. The monoisotopic (exact) mass is 494 g/mol. The van der Waals surface area contributed by atoms with E-state index in [1.54, 1.807) is 6.07 Å². The van der Waals surface area contributed by atoms with E-state index in [9.17, 15) is 13.2 Å². The molecule has 0 saturated carbocycles. The number of carbonyl (C=O) groups excluding carboxylic acids is 1. The molecule has 1 atom stereocenters. The first-order chi connectivity index (χ1) is 14.3. The summed E-state index contributed by atoms with van der Waals surface area (Å²) in [5.74, 6) is -0.0412. The minimum atomic E-state index is -3.66. The number of methoxy groups -OCH3 is 1. The molecule has 1 amide bonds. The zero-order chi connectivity index (χ0) is 21.7. The highest BCUT2D eigenvalue weighted by atomic mass is 79.9. The van der Waals surface area contributed by atoms with E-state index in [1.807, 2.05) is 31.2 Å². The average Bonchev–Trinajstić information content (AvgIpc) is 3.03. The summed E-state index contributed by atoms with van der Waals surface area (Å²) in [5, 5.41) is 2.93. The van der Waals surface area contributed by atoms with Gasteiger partial charge in [0.05, 0.1) is 23.6 Å². The smallest absolute Gasteiger partial charge is 0.255 e. The first-order valence-electron chi connectivity index (χ1n) is 10.1. The van der Waals surface area contributed by atoms with Crippen LogP contribution in [-0.4, -0.2) is 38.8 Å². The minimum absolute atomic E-state index is 0.117. The van der Waals surface area contributed by atoms with Crippen molar-refractivity contribution in [3.8, 4) is 5.75 Å². The third-order valence-electron chi connectivity index (χ3n) is 5.34. The largest absolute Gasteiger partial charge is 0.496 e. The Kier molecular flexibility index (Phi) is 7.55. The predicted molar refractivity (Wildman–Crippen MR) is 120 cm³/mol. The molecule has 1 N–H and O–H groups in total. The van der Waals surface area contributed by atoms with E-state index < -0.39 is 10.0 Å². The highest BCUT2D eigenvalue weighted by molar-refractivity contribution is 9.10. The number of amides is 1. The van der Waals surface area contributed by atoms with E-state index in [0.29, 0.717) is 18.8 Å². The van der Waals surface area contributed by atoms with Crippen molar-refractivity contribution in [1.82, 2.24) is 9.62 Å².